The molecule has 0 amide bonds. The lowest BCUT2D eigenvalue weighted by molar-refractivity contribution is -0.143. The predicted molar refractivity (Wildman–Crippen MR) is 58.8 cm³/mol. The summed E-state index contributed by atoms with van der Waals surface area (Å²) in [4.78, 5) is 22.0. The lowest BCUT2D eigenvalue weighted by atomic mass is 10.1. The summed E-state index contributed by atoms with van der Waals surface area (Å²) in [6.45, 7) is 5.19. The number of hydrogen-bond donors (Lipinski definition) is 1. The largest absolute Gasteiger partial charge is 0.481 e. The number of carboxylic acid groups (broad SMARTS) is 1. The normalized spacial score (nSPS) is 32.1. The predicted octanol–water partition coefficient (Wildman–Crippen LogP) is 2.15. The summed E-state index contributed by atoms with van der Waals surface area (Å²) in [5, 5.41) is 8.99. The lowest BCUT2D eigenvalue weighted by Crippen LogP contribution is -2.14. The molecule has 3 unspecified atom stereocenters. The van der Waals surface area contributed by atoms with Crippen LogP contribution in [0.2, 0.25) is 0 Å². The van der Waals surface area contributed by atoms with E-state index in [0.29, 0.717) is 0 Å². The number of esters is 1. The number of carboxylic acids is 1. The van der Waals surface area contributed by atoms with Gasteiger partial charge in [0, 0.05) is 0 Å². The van der Waals surface area contributed by atoms with Gasteiger partial charge >= 0.3 is 11.9 Å². The zero-order valence-electron chi connectivity index (χ0n) is 10.2. The average molecular weight is 244 g/mol. The van der Waals surface area contributed by atoms with Gasteiger partial charge in [-0.05, 0) is 31.8 Å². The van der Waals surface area contributed by atoms with Gasteiger partial charge in [0.2, 0.25) is 0 Å². The van der Waals surface area contributed by atoms with Crippen molar-refractivity contribution in [3.05, 3.63) is 11.9 Å². The zero-order chi connectivity index (χ0) is 13.2. The molecule has 0 aromatic rings. The second-order valence-electron chi connectivity index (χ2n) is 4.50. The first-order valence-corrected chi connectivity index (χ1v) is 5.59. The summed E-state index contributed by atoms with van der Waals surface area (Å²) < 4.78 is 18.0. The number of carbonyl (C=O) groups excluding carboxylic acids is 1. The summed E-state index contributed by atoms with van der Waals surface area (Å²) >= 11 is 0. The molecule has 4 nitrogen and oxygen atoms in total. The molecular formula is C12H17FO4. The van der Waals surface area contributed by atoms with E-state index in [1.807, 2.05) is 0 Å². The average Bonchev–Trinajstić information content (AvgIpc) is 2.72. The number of carbonyl (C=O) groups is 2. The highest BCUT2D eigenvalue weighted by Crippen LogP contribution is 2.59. The van der Waals surface area contributed by atoms with Crippen LogP contribution >= 0.6 is 0 Å². The molecule has 0 aliphatic heterocycles. The van der Waals surface area contributed by atoms with Crippen LogP contribution in [0.3, 0.4) is 0 Å². The Kier molecular flexibility index (Phi) is 3.91. The number of allylic oxidation sites excluding steroid dienone is 1. The Morgan fingerprint density at radius 3 is 2.53 bits per heavy atom. The van der Waals surface area contributed by atoms with Crippen LogP contribution in [0.5, 0.6) is 0 Å². The standard InChI is InChI=1S/C12H17FO4/c1-4-17-10(14)6-8(13)5-9-7(2)12(9,3)11(15)16/h5,7,9H,4,6H2,1-3H3,(H,15,16). The second-order valence-corrected chi connectivity index (χ2v) is 4.50. The first-order valence-electron chi connectivity index (χ1n) is 5.59. The Morgan fingerprint density at radius 1 is 1.53 bits per heavy atom. The molecule has 1 N–H and O–H groups in total. The maximum absolute atomic E-state index is 13.4. The molecule has 0 aromatic heterocycles. The van der Waals surface area contributed by atoms with Crippen LogP contribution in [0.25, 0.3) is 0 Å². The Bertz CT molecular complexity index is 364. The molecule has 1 aliphatic carbocycles. The minimum Gasteiger partial charge on any atom is -0.481 e. The van der Waals surface area contributed by atoms with Gasteiger partial charge in [0.15, 0.2) is 0 Å². The van der Waals surface area contributed by atoms with Crippen molar-refractivity contribution in [1.82, 2.24) is 0 Å². The second kappa shape index (κ2) is 4.85. The molecular weight excluding hydrogens is 227 g/mol. The maximum atomic E-state index is 13.4. The van der Waals surface area contributed by atoms with Gasteiger partial charge in [0.1, 0.15) is 5.83 Å². The quantitative estimate of drug-likeness (QED) is 0.752. The third-order valence-corrected chi connectivity index (χ3v) is 3.51. The molecule has 0 radical (unpaired) electrons. The van der Waals surface area contributed by atoms with Crippen LogP contribution < -0.4 is 0 Å². The van der Waals surface area contributed by atoms with Gasteiger partial charge < -0.3 is 9.84 Å². The molecule has 1 saturated carbocycles. The zero-order valence-corrected chi connectivity index (χ0v) is 10.2. The Morgan fingerprint density at radius 2 is 2.12 bits per heavy atom. The van der Waals surface area contributed by atoms with Crippen LogP contribution in [0, 0.1) is 17.3 Å². The smallest absolute Gasteiger partial charge is 0.312 e. The lowest BCUT2D eigenvalue weighted by Gasteiger charge is -2.02. The van der Waals surface area contributed by atoms with Gasteiger partial charge in [-0.1, -0.05) is 6.92 Å². The van der Waals surface area contributed by atoms with Crippen molar-refractivity contribution in [3.8, 4) is 0 Å². The fraction of sp³-hybridized carbons (Fsp3) is 0.667. The highest BCUT2D eigenvalue weighted by Gasteiger charge is 2.63. The van der Waals surface area contributed by atoms with Gasteiger partial charge in [-0.25, -0.2) is 4.39 Å². The minimum atomic E-state index is -0.935. The van der Waals surface area contributed by atoms with Gasteiger partial charge in [0.25, 0.3) is 0 Å². The monoisotopic (exact) mass is 244 g/mol. The number of ether oxygens (including phenoxy) is 1. The molecule has 0 bridgehead atoms. The number of hydrogen-bond acceptors (Lipinski definition) is 3. The van der Waals surface area contributed by atoms with E-state index in [-0.39, 0.29) is 18.4 Å². The molecule has 0 saturated heterocycles. The van der Waals surface area contributed by atoms with Crippen molar-refractivity contribution in [2.75, 3.05) is 6.61 Å². The molecule has 3 atom stereocenters. The summed E-state index contributed by atoms with van der Waals surface area (Å²) in [5.41, 5.74) is -0.911. The third-order valence-electron chi connectivity index (χ3n) is 3.51. The molecule has 0 heterocycles. The van der Waals surface area contributed by atoms with E-state index in [2.05, 4.69) is 4.74 Å². The van der Waals surface area contributed by atoms with E-state index in [1.165, 1.54) is 6.08 Å². The van der Waals surface area contributed by atoms with Crippen molar-refractivity contribution >= 4 is 11.9 Å². The Balaban J connectivity index is 2.60. The fourth-order valence-corrected chi connectivity index (χ4v) is 2.03. The molecule has 1 fully saturated rings. The maximum Gasteiger partial charge on any atom is 0.312 e. The summed E-state index contributed by atoms with van der Waals surface area (Å²) in [6, 6.07) is 0. The van der Waals surface area contributed by atoms with Crippen molar-refractivity contribution in [3.63, 3.8) is 0 Å². The molecule has 0 spiro atoms. The molecule has 0 aromatic carbocycles. The molecule has 1 aliphatic rings. The summed E-state index contributed by atoms with van der Waals surface area (Å²) in [5.74, 6) is -2.66. The number of halogens is 1. The summed E-state index contributed by atoms with van der Waals surface area (Å²) in [7, 11) is 0. The molecule has 96 valence electrons. The van der Waals surface area contributed by atoms with E-state index >= 15 is 0 Å². The first-order chi connectivity index (χ1) is 7.83. The molecule has 5 heteroatoms. The van der Waals surface area contributed by atoms with Crippen LogP contribution in [-0.4, -0.2) is 23.7 Å². The van der Waals surface area contributed by atoms with Crippen LogP contribution in [0.1, 0.15) is 27.2 Å². The van der Waals surface area contributed by atoms with Crippen LogP contribution in [-0.2, 0) is 14.3 Å². The van der Waals surface area contributed by atoms with E-state index in [1.54, 1.807) is 20.8 Å². The number of rotatable bonds is 5. The Hall–Kier alpha value is -1.39. The van der Waals surface area contributed by atoms with E-state index < -0.39 is 29.6 Å². The Labute approximate surface area is 99.5 Å². The fourth-order valence-electron chi connectivity index (χ4n) is 2.03. The number of aliphatic carboxylic acids is 1. The highest BCUT2D eigenvalue weighted by molar-refractivity contribution is 5.79. The van der Waals surface area contributed by atoms with Crippen molar-refractivity contribution < 1.29 is 23.8 Å². The van der Waals surface area contributed by atoms with E-state index in [4.69, 9.17) is 5.11 Å². The topological polar surface area (TPSA) is 63.6 Å². The molecule has 17 heavy (non-hydrogen) atoms. The SMILES string of the molecule is CCOC(=O)CC(F)=CC1C(C)C1(C)C(=O)O. The van der Waals surface area contributed by atoms with Gasteiger partial charge in [-0.15, -0.1) is 0 Å². The van der Waals surface area contributed by atoms with E-state index in [0.717, 1.165) is 0 Å². The van der Waals surface area contributed by atoms with Gasteiger partial charge in [-0.3, -0.25) is 9.59 Å². The van der Waals surface area contributed by atoms with E-state index in [9.17, 15) is 14.0 Å². The van der Waals surface area contributed by atoms with Gasteiger partial charge in [-0.2, -0.15) is 0 Å². The van der Waals surface area contributed by atoms with Crippen molar-refractivity contribution in [2.24, 2.45) is 17.3 Å². The van der Waals surface area contributed by atoms with Crippen molar-refractivity contribution in [1.29, 1.82) is 0 Å². The van der Waals surface area contributed by atoms with Crippen LogP contribution in [0.4, 0.5) is 4.39 Å². The summed E-state index contributed by atoms with van der Waals surface area (Å²) in [6.07, 6.45) is 0.808. The van der Waals surface area contributed by atoms with Crippen LogP contribution in [0.15, 0.2) is 11.9 Å². The minimum absolute atomic E-state index is 0.118. The first kappa shape index (κ1) is 13.7. The third kappa shape index (κ3) is 2.65. The van der Waals surface area contributed by atoms with Gasteiger partial charge in [0.05, 0.1) is 18.4 Å². The highest BCUT2D eigenvalue weighted by atomic mass is 19.1. The molecule has 1 rings (SSSR count). The van der Waals surface area contributed by atoms with Crippen molar-refractivity contribution in [2.45, 2.75) is 27.2 Å².